The Kier molecular flexibility index (Phi) is 5.27. The van der Waals surface area contributed by atoms with E-state index in [0.717, 1.165) is 21.2 Å². The summed E-state index contributed by atoms with van der Waals surface area (Å²) >= 11 is 3.13. The van der Waals surface area contributed by atoms with Crippen LogP contribution in [0.15, 0.2) is 47.2 Å². The molecule has 0 saturated heterocycles. The van der Waals surface area contributed by atoms with E-state index >= 15 is 0 Å². The minimum atomic E-state index is -0.0667. The smallest absolute Gasteiger partial charge is 0.273 e. The minimum Gasteiger partial charge on any atom is -0.494 e. The summed E-state index contributed by atoms with van der Waals surface area (Å²) in [5.74, 6) is 0.776. The molecule has 0 radical (unpaired) electrons. The third kappa shape index (κ3) is 3.83. The Balaban J connectivity index is 1.66. The van der Waals surface area contributed by atoms with E-state index in [-0.39, 0.29) is 5.91 Å². The number of thiophene rings is 1. The van der Waals surface area contributed by atoms with Crippen LogP contribution in [0.4, 0.5) is 0 Å². The highest BCUT2D eigenvalue weighted by molar-refractivity contribution is 7.20. The molecule has 0 saturated carbocycles. The molecule has 0 bridgehead atoms. The first-order chi connectivity index (χ1) is 11.7. The first-order valence-electron chi connectivity index (χ1n) is 7.64. The van der Waals surface area contributed by atoms with Crippen LogP contribution in [-0.2, 0) is 6.54 Å². The van der Waals surface area contributed by atoms with E-state index in [0.29, 0.717) is 18.8 Å². The van der Waals surface area contributed by atoms with Crippen molar-refractivity contribution in [2.24, 2.45) is 0 Å². The van der Waals surface area contributed by atoms with Crippen LogP contribution in [0.2, 0.25) is 0 Å². The number of hydrogen-bond acceptors (Lipinski definition) is 5. The summed E-state index contributed by atoms with van der Waals surface area (Å²) in [5, 5.41) is 4.73. The third-order valence-corrected chi connectivity index (χ3v) is 5.34. The molecule has 0 aliphatic carbocycles. The minimum absolute atomic E-state index is 0.0667. The molecule has 0 aliphatic rings. The highest BCUT2D eigenvalue weighted by atomic mass is 32.1. The average molecular weight is 358 g/mol. The maximum Gasteiger partial charge on any atom is 0.273 e. The van der Waals surface area contributed by atoms with Crippen molar-refractivity contribution in [3.8, 4) is 15.6 Å². The van der Waals surface area contributed by atoms with Gasteiger partial charge in [0.25, 0.3) is 5.91 Å². The quantitative estimate of drug-likeness (QED) is 0.649. The van der Waals surface area contributed by atoms with Crippen LogP contribution in [0.3, 0.4) is 0 Å². The highest BCUT2D eigenvalue weighted by Gasteiger charge is 2.16. The number of amides is 1. The summed E-state index contributed by atoms with van der Waals surface area (Å²) in [4.78, 5) is 19.8. The van der Waals surface area contributed by atoms with Crippen LogP contribution in [0, 0.1) is 0 Å². The van der Waals surface area contributed by atoms with E-state index in [1.807, 2.05) is 54.1 Å². The lowest BCUT2D eigenvalue weighted by Gasteiger charge is -2.16. The van der Waals surface area contributed by atoms with Gasteiger partial charge in [0.1, 0.15) is 16.5 Å². The van der Waals surface area contributed by atoms with Gasteiger partial charge in [-0.15, -0.1) is 22.7 Å². The second-order valence-corrected chi connectivity index (χ2v) is 7.06. The van der Waals surface area contributed by atoms with Gasteiger partial charge in [-0.1, -0.05) is 18.2 Å². The number of ether oxygens (including phenoxy) is 1. The average Bonchev–Trinajstić information content (AvgIpc) is 3.27. The lowest BCUT2D eigenvalue weighted by atomic mass is 10.2. The Morgan fingerprint density at radius 1 is 1.21 bits per heavy atom. The van der Waals surface area contributed by atoms with Crippen molar-refractivity contribution < 1.29 is 9.53 Å². The van der Waals surface area contributed by atoms with Gasteiger partial charge in [0, 0.05) is 19.0 Å². The number of carbonyl (C=O) groups excluding carboxylic acids is 1. The molecule has 124 valence electrons. The van der Waals surface area contributed by atoms with Gasteiger partial charge in [0.15, 0.2) is 0 Å². The van der Waals surface area contributed by atoms with Gasteiger partial charge in [0.05, 0.1) is 11.5 Å². The summed E-state index contributed by atoms with van der Waals surface area (Å²) in [7, 11) is 1.79. The van der Waals surface area contributed by atoms with Crippen LogP contribution in [0.5, 0.6) is 5.75 Å². The lowest BCUT2D eigenvalue weighted by molar-refractivity contribution is 0.0780. The van der Waals surface area contributed by atoms with E-state index in [4.69, 9.17) is 4.74 Å². The molecule has 1 amide bonds. The molecule has 3 rings (SSSR count). The first-order valence-corrected chi connectivity index (χ1v) is 9.40. The number of benzene rings is 1. The molecule has 0 unspecified atom stereocenters. The fourth-order valence-electron chi connectivity index (χ4n) is 2.28. The molecule has 0 atom stereocenters. The topological polar surface area (TPSA) is 42.4 Å². The van der Waals surface area contributed by atoms with Crippen molar-refractivity contribution >= 4 is 28.6 Å². The van der Waals surface area contributed by atoms with Gasteiger partial charge in [0.2, 0.25) is 0 Å². The second kappa shape index (κ2) is 7.59. The summed E-state index contributed by atoms with van der Waals surface area (Å²) < 4.78 is 5.43. The van der Waals surface area contributed by atoms with Crippen molar-refractivity contribution in [2.75, 3.05) is 13.7 Å². The van der Waals surface area contributed by atoms with E-state index in [2.05, 4.69) is 4.98 Å². The van der Waals surface area contributed by atoms with Gasteiger partial charge in [-0.3, -0.25) is 4.79 Å². The maximum atomic E-state index is 12.6. The normalized spacial score (nSPS) is 10.6. The Morgan fingerprint density at radius 3 is 2.67 bits per heavy atom. The third-order valence-electron chi connectivity index (χ3n) is 3.46. The molecule has 4 nitrogen and oxygen atoms in total. The van der Waals surface area contributed by atoms with Gasteiger partial charge in [-0.2, -0.15) is 0 Å². The van der Waals surface area contributed by atoms with E-state index < -0.39 is 0 Å². The van der Waals surface area contributed by atoms with Gasteiger partial charge >= 0.3 is 0 Å². The number of aromatic nitrogens is 1. The Labute approximate surface area is 149 Å². The van der Waals surface area contributed by atoms with Gasteiger partial charge in [-0.05, 0) is 36.1 Å². The zero-order valence-electron chi connectivity index (χ0n) is 13.6. The molecule has 0 fully saturated rings. The lowest BCUT2D eigenvalue weighted by Crippen LogP contribution is -2.26. The van der Waals surface area contributed by atoms with E-state index in [1.54, 1.807) is 23.3 Å². The molecule has 3 aromatic rings. The van der Waals surface area contributed by atoms with Crippen LogP contribution in [0.1, 0.15) is 23.0 Å². The van der Waals surface area contributed by atoms with E-state index in [1.165, 1.54) is 11.3 Å². The molecule has 0 N–H and O–H groups in total. The van der Waals surface area contributed by atoms with Crippen molar-refractivity contribution in [3.05, 3.63) is 58.4 Å². The summed E-state index contributed by atoms with van der Waals surface area (Å²) in [6, 6.07) is 11.8. The Morgan fingerprint density at radius 2 is 2.00 bits per heavy atom. The predicted molar refractivity (Wildman–Crippen MR) is 98.8 cm³/mol. The standard InChI is InChI=1S/C18H18N2O2S2/c1-3-22-14-8-6-13(7-9-14)11-20(2)18(21)15-12-24-17(19-15)16-5-4-10-23-16/h4-10,12H,3,11H2,1-2H3. The van der Waals surface area contributed by atoms with Crippen LogP contribution in [0.25, 0.3) is 9.88 Å². The van der Waals surface area contributed by atoms with Crippen LogP contribution >= 0.6 is 22.7 Å². The largest absolute Gasteiger partial charge is 0.494 e. The first kappa shape index (κ1) is 16.7. The van der Waals surface area contributed by atoms with Crippen LogP contribution in [-0.4, -0.2) is 29.4 Å². The molecule has 1 aromatic carbocycles. The van der Waals surface area contributed by atoms with Crippen molar-refractivity contribution in [1.82, 2.24) is 9.88 Å². The number of carbonyl (C=O) groups is 1. The van der Waals surface area contributed by atoms with Crippen molar-refractivity contribution in [2.45, 2.75) is 13.5 Å². The molecule has 0 spiro atoms. The molecule has 2 aromatic heterocycles. The Bertz CT molecular complexity index is 795. The number of thiazole rings is 1. The Hall–Kier alpha value is -2.18. The number of rotatable bonds is 6. The molecular formula is C18H18N2O2S2. The number of hydrogen-bond donors (Lipinski definition) is 0. The van der Waals surface area contributed by atoms with Gasteiger partial charge < -0.3 is 9.64 Å². The summed E-state index contributed by atoms with van der Waals surface area (Å²) in [6.07, 6.45) is 0. The molecular weight excluding hydrogens is 340 g/mol. The second-order valence-electron chi connectivity index (χ2n) is 5.25. The van der Waals surface area contributed by atoms with Crippen LogP contribution < -0.4 is 4.74 Å². The predicted octanol–water partition coefficient (Wildman–Crippen LogP) is 4.54. The maximum absolute atomic E-state index is 12.6. The molecule has 6 heteroatoms. The van der Waals surface area contributed by atoms with Crippen molar-refractivity contribution in [1.29, 1.82) is 0 Å². The molecule has 24 heavy (non-hydrogen) atoms. The fraction of sp³-hybridized carbons (Fsp3) is 0.222. The molecule has 0 aliphatic heterocycles. The summed E-state index contributed by atoms with van der Waals surface area (Å²) in [5.41, 5.74) is 1.56. The molecule has 2 heterocycles. The van der Waals surface area contributed by atoms with Crippen molar-refractivity contribution in [3.63, 3.8) is 0 Å². The monoisotopic (exact) mass is 358 g/mol. The van der Waals surface area contributed by atoms with E-state index in [9.17, 15) is 4.79 Å². The van der Waals surface area contributed by atoms with Gasteiger partial charge in [-0.25, -0.2) is 4.98 Å². The zero-order chi connectivity index (χ0) is 16.9. The summed E-state index contributed by atoms with van der Waals surface area (Å²) in [6.45, 7) is 3.14. The zero-order valence-corrected chi connectivity index (χ0v) is 15.2. The fourth-order valence-corrected chi connectivity index (χ4v) is 3.89. The SMILES string of the molecule is CCOc1ccc(CN(C)C(=O)c2csc(-c3cccs3)n2)cc1. The number of nitrogens with zero attached hydrogens (tertiary/aromatic N) is 2. The highest BCUT2D eigenvalue weighted by Crippen LogP contribution is 2.28.